The molecule has 1 heterocycles. The molecule has 2 aromatic rings. The summed E-state index contributed by atoms with van der Waals surface area (Å²) >= 11 is 0. The summed E-state index contributed by atoms with van der Waals surface area (Å²) in [5.74, 6) is -0.217. The molecule has 0 aliphatic carbocycles. The van der Waals surface area contributed by atoms with Crippen molar-refractivity contribution in [3.05, 3.63) is 70.8 Å². The molecular formula is C18H20N2O3S. The number of hydrogen-bond donors (Lipinski definition) is 2. The van der Waals surface area contributed by atoms with Crippen LogP contribution in [0.5, 0.6) is 0 Å². The molecule has 3 rings (SSSR count). The number of fused-ring (bicyclic) bond motifs is 1. The normalized spacial score (nSPS) is 17.2. The van der Waals surface area contributed by atoms with Gasteiger partial charge in [0.2, 0.25) is 10.0 Å². The molecule has 0 aromatic heterocycles. The Morgan fingerprint density at radius 1 is 1.17 bits per heavy atom. The number of aryl methyl sites for hydroxylation is 1. The van der Waals surface area contributed by atoms with E-state index in [0.29, 0.717) is 12.1 Å². The Hall–Kier alpha value is -2.18. The molecular weight excluding hydrogens is 324 g/mol. The van der Waals surface area contributed by atoms with Crippen LogP contribution >= 0.6 is 0 Å². The van der Waals surface area contributed by atoms with E-state index in [9.17, 15) is 13.2 Å². The summed E-state index contributed by atoms with van der Waals surface area (Å²) in [6.45, 7) is 2.64. The Balaban J connectivity index is 1.69. The minimum absolute atomic E-state index is 0.0462. The van der Waals surface area contributed by atoms with Gasteiger partial charge >= 0.3 is 0 Å². The maximum atomic E-state index is 12.3. The van der Waals surface area contributed by atoms with Gasteiger partial charge in [-0.1, -0.05) is 48.0 Å². The second-order valence-corrected chi connectivity index (χ2v) is 7.90. The minimum Gasteiger partial charge on any atom is -0.351 e. The van der Waals surface area contributed by atoms with Crippen LogP contribution < -0.4 is 10.0 Å². The Labute approximate surface area is 142 Å². The first kappa shape index (κ1) is 16.7. The highest BCUT2D eigenvalue weighted by atomic mass is 32.2. The van der Waals surface area contributed by atoms with E-state index in [0.717, 1.165) is 16.7 Å². The molecule has 5 nitrogen and oxygen atoms in total. The molecule has 0 radical (unpaired) electrons. The van der Waals surface area contributed by atoms with E-state index in [1.54, 1.807) is 6.07 Å². The first-order chi connectivity index (χ1) is 11.4. The van der Waals surface area contributed by atoms with Crippen molar-refractivity contribution >= 4 is 15.9 Å². The number of nitrogens with one attached hydrogen (secondary N) is 2. The Morgan fingerprint density at radius 3 is 2.75 bits per heavy atom. The standard InChI is InChI=1S/C18H20N2O3S/c1-13-5-4-6-14(9-13)12-24(22,23)20-11-15-10-19-18(21)17-8-3-2-7-16(15)17/h2-9,15,20H,10-12H2,1H3,(H,19,21). The fraction of sp³-hybridized carbons (Fsp3) is 0.278. The van der Waals surface area contributed by atoms with E-state index >= 15 is 0 Å². The van der Waals surface area contributed by atoms with E-state index in [4.69, 9.17) is 0 Å². The molecule has 2 aromatic carbocycles. The maximum Gasteiger partial charge on any atom is 0.251 e. The van der Waals surface area contributed by atoms with Gasteiger partial charge in [-0.15, -0.1) is 0 Å². The van der Waals surface area contributed by atoms with Crippen molar-refractivity contribution < 1.29 is 13.2 Å². The van der Waals surface area contributed by atoms with E-state index in [2.05, 4.69) is 10.0 Å². The van der Waals surface area contributed by atoms with Crippen LogP contribution in [0.3, 0.4) is 0 Å². The van der Waals surface area contributed by atoms with Gasteiger partial charge in [0.25, 0.3) is 5.91 Å². The minimum atomic E-state index is -3.43. The summed E-state index contributed by atoms with van der Waals surface area (Å²) < 4.78 is 27.3. The first-order valence-corrected chi connectivity index (χ1v) is 9.50. The van der Waals surface area contributed by atoms with E-state index in [-0.39, 0.29) is 24.1 Å². The SMILES string of the molecule is Cc1cccc(CS(=O)(=O)NCC2CNC(=O)c3ccccc32)c1. The zero-order chi connectivity index (χ0) is 17.2. The molecule has 0 bridgehead atoms. The molecule has 1 aliphatic rings. The molecule has 0 saturated carbocycles. The summed E-state index contributed by atoms with van der Waals surface area (Å²) in [5.41, 5.74) is 3.30. The van der Waals surface area contributed by atoms with E-state index in [1.165, 1.54) is 0 Å². The lowest BCUT2D eigenvalue weighted by molar-refractivity contribution is 0.0940. The van der Waals surface area contributed by atoms with Gasteiger partial charge in [0.15, 0.2) is 0 Å². The Morgan fingerprint density at radius 2 is 1.96 bits per heavy atom. The molecule has 1 atom stereocenters. The number of sulfonamides is 1. The fourth-order valence-corrected chi connectivity index (χ4v) is 4.14. The molecule has 24 heavy (non-hydrogen) atoms. The third-order valence-corrected chi connectivity index (χ3v) is 5.46. The van der Waals surface area contributed by atoms with Gasteiger partial charge in [-0.3, -0.25) is 4.79 Å². The predicted octanol–water partition coefficient (Wildman–Crippen LogP) is 1.94. The first-order valence-electron chi connectivity index (χ1n) is 7.84. The molecule has 2 N–H and O–H groups in total. The van der Waals surface area contributed by atoms with Crippen LogP contribution in [0.4, 0.5) is 0 Å². The number of carbonyl (C=O) groups is 1. The van der Waals surface area contributed by atoms with Gasteiger partial charge in [-0.25, -0.2) is 13.1 Å². The van der Waals surface area contributed by atoms with Crippen LogP contribution in [0.25, 0.3) is 0 Å². The van der Waals surface area contributed by atoms with E-state index < -0.39 is 10.0 Å². The fourth-order valence-electron chi connectivity index (χ4n) is 2.96. The van der Waals surface area contributed by atoms with Gasteiger partial charge in [-0.2, -0.15) is 0 Å². The van der Waals surface area contributed by atoms with Crippen LogP contribution in [-0.4, -0.2) is 27.4 Å². The van der Waals surface area contributed by atoms with E-state index in [1.807, 2.05) is 49.4 Å². The number of rotatable bonds is 5. The lowest BCUT2D eigenvalue weighted by Crippen LogP contribution is -2.40. The second-order valence-electron chi connectivity index (χ2n) is 6.09. The quantitative estimate of drug-likeness (QED) is 0.870. The zero-order valence-electron chi connectivity index (χ0n) is 13.5. The number of amides is 1. The summed E-state index contributed by atoms with van der Waals surface area (Å²) in [7, 11) is -3.43. The molecule has 0 fully saturated rings. The molecule has 1 unspecified atom stereocenters. The summed E-state index contributed by atoms with van der Waals surface area (Å²) in [5, 5.41) is 2.81. The van der Waals surface area contributed by atoms with Crippen molar-refractivity contribution in [3.63, 3.8) is 0 Å². The van der Waals surface area contributed by atoms with Gasteiger partial charge in [0.1, 0.15) is 0 Å². The van der Waals surface area contributed by atoms with Crippen LogP contribution in [0.15, 0.2) is 48.5 Å². The third-order valence-electron chi connectivity index (χ3n) is 4.14. The molecule has 1 amide bonds. The Bertz CT molecular complexity index is 862. The molecule has 0 saturated heterocycles. The van der Waals surface area contributed by atoms with Gasteiger partial charge in [-0.05, 0) is 24.1 Å². The lowest BCUT2D eigenvalue weighted by Gasteiger charge is -2.25. The third kappa shape index (κ3) is 3.83. The van der Waals surface area contributed by atoms with Crippen molar-refractivity contribution in [3.8, 4) is 0 Å². The van der Waals surface area contributed by atoms with Crippen LogP contribution in [0, 0.1) is 6.92 Å². The molecule has 1 aliphatic heterocycles. The highest BCUT2D eigenvalue weighted by Gasteiger charge is 2.25. The Kier molecular flexibility index (Phi) is 4.69. The number of hydrogen-bond acceptors (Lipinski definition) is 3. The second kappa shape index (κ2) is 6.75. The zero-order valence-corrected chi connectivity index (χ0v) is 14.3. The van der Waals surface area contributed by atoms with Gasteiger partial charge in [0.05, 0.1) is 5.75 Å². The van der Waals surface area contributed by atoms with Crippen LogP contribution in [-0.2, 0) is 15.8 Å². The largest absolute Gasteiger partial charge is 0.351 e. The summed E-state index contributed by atoms with van der Waals surface area (Å²) in [4.78, 5) is 11.9. The topological polar surface area (TPSA) is 75.3 Å². The van der Waals surface area contributed by atoms with Gasteiger partial charge in [0, 0.05) is 24.6 Å². The van der Waals surface area contributed by atoms with Crippen molar-refractivity contribution in [2.45, 2.75) is 18.6 Å². The number of carbonyl (C=O) groups excluding carboxylic acids is 1. The average molecular weight is 344 g/mol. The average Bonchev–Trinajstić information content (AvgIpc) is 2.54. The van der Waals surface area contributed by atoms with Crippen molar-refractivity contribution in [1.29, 1.82) is 0 Å². The molecule has 6 heteroatoms. The van der Waals surface area contributed by atoms with Crippen molar-refractivity contribution in [2.75, 3.05) is 13.1 Å². The summed E-state index contributed by atoms with van der Waals surface area (Å²) in [6.07, 6.45) is 0. The van der Waals surface area contributed by atoms with Crippen molar-refractivity contribution in [2.24, 2.45) is 0 Å². The summed E-state index contributed by atoms with van der Waals surface area (Å²) in [6, 6.07) is 14.8. The van der Waals surface area contributed by atoms with Crippen LogP contribution in [0.2, 0.25) is 0 Å². The van der Waals surface area contributed by atoms with Crippen molar-refractivity contribution in [1.82, 2.24) is 10.0 Å². The predicted molar refractivity (Wildman–Crippen MR) is 93.3 cm³/mol. The smallest absolute Gasteiger partial charge is 0.251 e. The lowest BCUT2D eigenvalue weighted by atomic mass is 9.91. The molecule has 0 spiro atoms. The highest BCUT2D eigenvalue weighted by Crippen LogP contribution is 2.23. The van der Waals surface area contributed by atoms with Crippen LogP contribution in [0.1, 0.15) is 33.0 Å². The number of benzene rings is 2. The monoisotopic (exact) mass is 344 g/mol. The molecule has 126 valence electrons. The van der Waals surface area contributed by atoms with Gasteiger partial charge < -0.3 is 5.32 Å². The maximum absolute atomic E-state index is 12.3. The highest BCUT2D eigenvalue weighted by molar-refractivity contribution is 7.88.